The summed E-state index contributed by atoms with van der Waals surface area (Å²) in [4.78, 5) is 0. The number of hydrogen-bond acceptors (Lipinski definition) is 2. The molecule has 0 radical (unpaired) electrons. The van der Waals surface area contributed by atoms with Crippen LogP contribution in [0.3, 0.4) is 0 Å². The van der Waals surface area contributed by atoms with E-state index in [9.17, 15) is 0 Å². The molecule has 0 saturated heterocycles. The molecule has 0 amide bonds. The lowest BCUT2D eigenvalue weighted by atomic mass is 9.72. The highest BCUT2D eigenvalue weighted by molar-refractivity contribution is 5.22. The molecule has 4 atom stereocenters. The summed E-state index contributed by atoms with van der Waals surface area (Å²) in [6.45, 7) is 6.96. The minimum atomic E-state index is 0.466. The lowest BCUT2D eigenvalue weighted by molar-refractivity contribution is 0.174. The summed E-state index contributed by atoms with van der Waals surface area (Å²) in [6.07, 6.45) is 6.86. The van der Waals surface area contributed by atoms with Gasteiger partial charge in [0.15, 0.2) is 0 Å². The van der Waals surface area contributed by atoms with Crippen molar-refractivity contribution in [3.8, 4) is 0 Å². The molecule has 0 aromatic carbocycles. The van der Waals surface area contributed by atoms with Crippen LogP contribution in [0, 0.1) is 17.8 Å². The van der Waals surface area contributed by atoms with Gasteiger partial charge in [-0.25, -0.2) is 0 Å². The standard InChI is InChI=1S/C16H27NO/c1-5-15-14(8-9-18-15)16(17-4)13-7-6-11(2)12(3)10-13/h8-9,11-13,16-17H,5-7,10H2,1-4H3. The van der Waals surface area contributed by atoms with Gasteiger partial charge < -0.3 is 9.73 Å². The first-order valence-electron chi connectivity index (χ1n) is 7.40. The zero-order valence-corrected chi connectivity index (χ0v) is 12.2. The second-order valence-electron chi connectivity index (χ2n) is 5.95. The molecular weight excluding hydrogens is 222 g/mol. The molecule has 1 aliphatic carbocycles. The maximum absolute atomic E-state index is 5.60. The molecule has 1 fully saturated rings. The van der Waals surface area contributed by atoms with Crippen molar-refractivity contribution in [3.05, 3.63) is 23.7 Å². The molecule has 4 unspecified atom stereocenters. The Morgan fingerprint density at radius 3 is 2.72 bits per heavy atom. The van der Waals surface area contributed by atoms with Crippen LogP contribution in [0.25, 0.3) is 0 Å². The van der Waals surface area contributed by atoms with E-state index in [1.54, 1.807) is 0 Å². The predicted molar refractivity (Wildman–Crippen MR) is 75.6 cm³/mol. The zero-order chi connectivity index (χ0) is 13.1. The van der Waals surface area contributed by atoms with E-state index in [4.69, 9.17) is 4.42 Å². The van der Waals surface area contributed by atoms with Crippen LogP contribution in [-0.2, 0) is 6.42 Å². The first-order chi connectivity index (χ1) is 8.67. The summed E-state index contributed by atoms with van der Waals surface area (Å²) in [5.41, 5.74) is 1.38. The van der Waals surface area contributed by atoms with Gasteiger partial charge in [-0.2, -0.15) is 0 Å². The summed E-state index contributed by atoms with van der Waals surface area (Å²) in [6, 6.07) is 2.62. The van der Waals surface area contributed by atoms with Crippen LogP contribution >= 0.6 is 0 Å². The fourth-order valence-electron chi connectivity index (χ4n) is 3.45. The lowest BCUT2D eigenvalue weighted by Gasteiger charge is -2.36. The minimum Gasteiger partial charge on any atom is -0.469 e. The van der Waals surface area contributed by atoms with Gasteiger partial charge in [-0.15, -0.1) is 0 Å². The molecule has 2 rings (SSSR count). The second-order valence-corrected chi connectivity index (χ2v) is 5.95. The smallest absolute Gasteiger partial charge is 0.108 e. The Morgan fingerprint density at radius 2 is 2.11 bits per heavy atom. The number of nitrogens with one attached hydrogen (secondary N) is 1. The molecule has 2 heteroatoms. The molecule has 1 aromatic rings. The monoisotopic (exact) mass is 249 g/mol. The number of furan rings is 1. The van der Waals surface area contributed by atoms with Crippen LogP contribution in [-0.4, -0.2) is 7.05 Å². The molecule has 0 aliphatic heterocycles. The Bertz CT molecular complexity index is 371. The van der Waals surface area contributed by atoms with Crippen molar-refractivity contribution in [2.45, 2.75) is 52.5 Å². The second kappa shape index (κ2) is 5.92. The molecule has 18 heavy (non-hydrogen) atoms. The first-order valence-corrected chi connectivity index (χ1v) is 7.40. The van der Waals surface area contributed by atoms with Crippen molar-refractivity contribution in [1.29, 1.82) is 0 Å². The third-order valence-electron chi connectivity index (χ3n) is 4.86. The molecule has 1 N–H and O–H groups in total. The molecule has 0 spiro atoms. The van der Waals surface area contributed by atoms with Crippen molar-refractivity contribution < 1.29 is 4.42 Å². The molecular formula is C16H27NO. The Labute approximate surface area is 111 Å². The summed E-state index contributed by atoms with van der Waals surface area (Å²) < 4.78 is 5.60. The normalized spacial score (nSPS) is 30.3. The maximum atomic E-state index is 5.60. The minimum absolute atomic E-state index is 0.466. The van der Waals surface area contributed by atoms with E-state index in [1.165, 1.54) is 24.8 Å². The van der Waals surface area contributed by atoms with Crippen LogP contribution < -0.4 is 5.32 Å². The van der Waals surface area contributed by atoms with Gasteiger partial charge in [-0.05, 0) is 43.7 Å². The lowest BCUT2D eigenvalue weighted by Crippen LogP contribution is -2.31. The van der Waals surface area contributed by atoms with E-state index in [2.05, 4.69) is 39.2 Å². The maximum Gasteiger partial charge on any atom is 0.108 e. The quantitative estimate of drug-likeness (QED) is 0.866. The first kappa shape index (κ1) is 13.7. The number of rotatable bonds is 4. The van der Waals surface area contributed by atoms with E-state index in [0.717, 1.165) is 29.9 Å². The van der Waals surface area contributed by atoms with Crippen molar-refractivity contribution in [2.24, 2.45) is 17.8 Å². The van der Waals surface area contributed by atoms with Gasteiger partial charge in [0.2, 0.25) is 0 Å². The fraction of sp³-hybridized carbons (Fsp3) is 0.750. The van der Waals surface area contributed by atoms with Crippen molar-refractivity contribution in [2.75, 3.05) is 7.05 Å². The van der Waals surface area contributed by atoms with E-state index >= 15 is 0 Å². The highest BCUT2D eigenvalue weighted by Crippen LogP contribution is 2.40. The van der Waals surface area contributed by atoms with Gasteiger partial charge in [0.05, 0.1) is 6.26 Å². The average molecular weight is 249 g/mol. The Hall–Kier alpha value is -0.760. The van der Waals surface area contributed by atoms with Crippen LogP contribution in [0.15, 0.2) is 16.7 Å². The summed E-state index contributed by atoms with van der Waals surface area (Å²) in [7, 11) is 2.08. The Balaban J connectivity index is 2.14. The van der Waals surface area contributed by atoms with Crippen molar-refractivity contribution in [3.63, 3.8) is 0 Å². The van der Waals surface area contributed by atoms with E-state index in [-0.39, 0.29) is 0 Å². The fourth-order valence-corrected chi connectivity index (χ4v) is 3.45. The molecule has 2 nitrogen and oxygen atoms in total. The van der Waals surface area contributed by atoms with Crippen molar-refractivity contribution in [1.82, 2.24) is 5.32 Å². The van der Waals surface area contributed by atoms with E-state index < -0.39 is 0 Å². The number of aryl methyl sites for hydroxylation is 1. The third kappa shape index (κ3) is 2.64. The van der Waals surface area contributed by atoms with Crippen LogP contribution in [0.1, 0.15) is 57.4 Å². The molecule has 1 heterocycles. The van der Waals surface area contributed by atoms with Gasteiger partial charge in [-0.3, -0.25) is 0 Å². The van der Waals surface area contributed by atoms with E-state index in [0.29, 0.717) is 6.04 Å². The third-order valence-corrected chi connectivity index (χ3v) is 4.86. The topological polar surface area (TPSA) is 25.2 Å². The largest absolute Gasteiger partial charge is 0.469 e. The summed E-state index contributed by atoms with van der Waals surface area (Å²) in [5.74, 6) is 3.63. The highest BCUT2D eigenvalue weighted by Gasteiger charge is 2.31. The summed E-state index contributed by atoms with van der Waals surface area (Å²) >= 11 is 0. The SMILES string of the molecule is CCc1occc1C(NC)C1CCC(C)C(C)C1. The molecule has 102 valence electrons. The Kier molecular flexibility index (Phi) is 4.50. The van der Waals surface area contributed by atoms with Crippen LogP contribution in [0.4, 0.5) is 0 Å². The predicted octanol–water partition coefficient (Wildman–Crippen LogP) is 4.17. The van der Waals surface area contributed by atoms with Gasteiger partial charge in [0, 0.05) is 18.0 Å². The molecule has 0 bridgehead atoms. The molecule has 1 saturated carbocycles. The van der Waals surface area contributed by atoms with Crippen LogP contribution in [0.5, 0.6) is 0 Å². The van der Waals surface area contributed by atoms with Gasteiger partial charge in [-0.1, -0.05) is 27.2 Å². The van der Waals surface area contributed by atoms with Gasteiger partial charge >= 0.3 is 0 Å². The number of hydrogen-bond donors (Lipinski definition) is 1. The molecule has 1 aromatic heterocycles. The van der Waals surface area contributed by atoms with Gasteiger partial charge in [0.25, 0.3) is 0 Å². The van der Waals surface area contributed by atoms with Gasteiger partial charge in [0.1, 0.15) is 5.76 Å². The summed E-state index contributed by atoms with van der Waals surface area (Å²) in [5, 5.41) is 3.52. The van der Waals surface area contributed by atoms with E-state index in [1.807, 2.05) is 6.26 Å². The van der Waals surface area contributed by atoms with Crippen molar-refractivity contribution >= 4 is 0 Å². The average Bonchev–Trinajstić information content (AvgIpc) is 2.83. The zero-order valence-electron chi connectivity index (χ0n) is 12.2. The highest BCUT2D eigenvalue weighted by atomic mass is 16.3. The molecule has 1 aliphatic rings. The Morgan fingerprint density at radius 1 is 1.33 bits per heavy atom. The van der Waals surface area contributed by atoms with Crippen LogP contribution in [0.2, 0.25) is 0 Å².